The molecule has 27 heavy (non-hydrogen) atoms. The van der Waals surface area contributed by atoms with E-state index in [-0.39, 0.29) is 18.8 Å². The molecule has 0 aliphatic carbocycles. The van der Waals surface area contributed by atoms with E-state index in [1.807, 2.05) is 25.1 Å². The molecule has 3 heterocycles. The Morgan fingerprint density at radius 3 is 2.81 bits per heavy atom. The van der Waals surface area contributed by atoms with Crippen LogP contribution in [0.2, 0.25) is 0 Å². The van der Waals surface area contributed by atoms with E-state index >= 15 is 0 Å². The molecule has 0 bridgehead atoms. The first-order valence-corrected chi connectivity index (χ1v) is 10.2. The third-order valence-corrected chi connectivity index (χ3v) is 6.52. The van der Waals surface area contributed by atoms with E-state index in [1.165, 1.54) is 16.4 Å². The number of pyridine rings is 1. The van der Waals surface area contributed by atoms with E-state index in [4.69, 9.17) is 0 Å². The van der Waals surface area contributed by atoms with Gasteiger partial charge in [0.2, 0.25) is 10.0 Å². The predicted octanol–water partition coefficient (Wildman–Crippen LogP) is 2.03. The molecule has 8 heteroatoms. The van der Waals surface area contributed by atoms with Crippen LogP contribution >= 0.6 is 0 Å². The number of aryl methyl sites for hydroxylation is 1. The first kappa shape index (κ1) is 17.8. The van der Waals surface area contributed by atoms with Crippen molar-refractivity contribution in [3.63, 3.8) is 0 Å². The molecular weight excluding hydrogens is 369 g/mol. The molecule has 0 spiro atoms. The van der Waals surface area contributed by atoms with Gasteiger partial charge in [-0.15, -0.1) is 0 Å². The van der Waals surface area contributed by atoms with Gasteiger partial charge in [0.15, 0.2) is 0 Å². The number of benzene rings is 1. The molecular formula is C19H18FN3O3S. The number of hydrogen-bond acceptors (Lipinski definition) is 4. The molecule has 140 valence electrons. The highest BCUT2D eigenvalue weighted by molar-refractivity contribution is 7.88. The third-order valence-electron chi connectivity index (χ3n) is 4.72. The number of hydrogen-bond donors (Lipinski definition) is 0. The van der Waals surface area contributed by atoms with Crippen molar-refractivity contribution in [2.45, 2.75) is 25.6 Å². The van der Waals surface area contributed by atoms with Gasteiger partial charge in [-0.25, -0.2) is 17.8 Å². The van der Waals surface area contributed by atoms with Gasteiger partial charge in [-0.05, 0) is 24.6 Å². The molecule has 1 aliphatic heterocycles. The van der Waals surface area contributed by atoms with Gasteiger partial charge in [0.05, 0.1) is 17.0 Å². The van der Waals surface area contributed by atoms with Gasteiger partial charge in [-0.3, -0.25) is 9.20 Å². The molecule has 4 rings (SSSR count). The minimum Gasteiger partial charge on any atom is -0.269 e. The highest BCUT2D eigenvalue weighted by Crippen LogP contribution is 2.21. The van der Waals surface area contributed by atoms with Gasteiger partial charge in [-0.2, -0.15) is 4.31 Å². The van der Waals surface area contributed by atoms with E-state index in [0.717, 1.165) is 16.2 Å². The average molecular weight is 387 g/mol. The lowest BCUT2D eigenvalue weighted by Gasteiger charge is -2.27. The van der Waals surface area contributed by atoms with E-state index in [0.29, 0.717) is 28.9 Å². The van der Waals surface area contributed by atoms with E-state index < -0.39 is 21.4 Å². The third kappa shape index (κ3) is 3.38. The minimum atomic E-state index is -3.59. The summed E-state index contributed by atoms with van der Waals surface area (Å²) in [6.07, 6.45) is 1.43. The molecule has 0 N–H and O–H groups in total. The van der Waals surface area contributed by atoms with Gasteiger partial charge >= 0.3 is 0 Å². The summed E-state index contributed by atoms with van der Waals surface area (Å²) in [6, 6.07) is 10.0. The summed E-state index contributed by atoms with van der Waals surface area (Å²) in [4.78, 5) is 17.1. The van der Waals surface area contributed by atoms with Crippen LogP contribution in [0.25, 0.3) is 5.65 Å². The van der Waals surface area contributed by atoms with E-state index in [2.05, 4.69) is 4.98 Å². The molecule has 0 saturated heterocycles. The summed E-state index contributed by atoms with van der Waals surface area (Å²) in [5.74, 6) is -0.674. The molecule has 0 saturated carbocycles. The molecule has 1 aromatic carbocycles. The highest BCUT2D eigenvalue weighted by Gasteiger charge is 2.29. The first-order chi connectivity index (χ1) is 12.8. The van der Waals surface area contributed by atoms with E-state index in [1.54, 1.807) is 6.07 Å². The molecule has 2 aromatic heterocycles. The van der Waals surface area contributed by atoms with Crippen LogP contribution in [0.5, 0.6) is 0 Å². The van der Waals surface area contributed by atoms with Gasteiger partial charge < -0.3 is 0 Å². The predicted molar refractivity (Wildman–Crippen MR) is 99.3 cm³/mol. The maximum Gasteiger partial charge on any atom is 0.262 e. The lowest BCUT2D eigenvalue weighted by molar-refractivity contribution is 0.384. The van der Waals surface area contributed by atoms with Crippen molar-refractivity contribution in [1.29, 1.82) is 0 Å². The van der Waals surface area contributed by atoms with Crippen molar-refractivity contribution in [2.24, 2.45) is 0 Å². The topological polar surface area (TPSA) is 71.8 Å². The van der Waals surface area contributed by atoms with Crippen LogP contribution in [0, 0.1) is 12.7 Å². The zero-order valence-electron chi connectivity index (χ0n) is 14.7. The quantitative estimate of drug-likeness (QED) is 0.689. The molecule has 0 fully saturated rings. The molecule has 0 unspecified atom stereocenters. The largest absolute Gasteiger partial charge is 0.269 e. The Balaban J connectivity index is 1.69. The first-order valence-electron chi connectivity index (χ1n) is 8.56. The Labute approximate surface area is 156 Å². The SMILES string of the molecule is Cc1cccc(CS(=O)(=O)N2CCc3nc4ccc(F)cn4c(=O)c3C2)c1. The Morgan fingerprint density at radius 1 is 1.22 bits per heavy atom. The smallest absolute Gasteiger partial charge is 0.262 e. The van der Waals surface area contributed by atoms with E-state index in [9.17, 15) is 17.6 Å². The van der Waals surface area contributed by atoms with Crippen molar-refractivity contribution in [3.8, 4) is 0 Å². The Morgan fingerprint density at radius 2 is 2.04 bits per heavy atom. The van der Waals surface area contributed by atoms with Crippen molar-refractivity contribution in [2.75, 3.05) is 6.54 Å². The summed E-state index contributed by atoms with van der Waals surface area (Å²) < 4.78 is 41.6. The zero-order chi connectivity index (χ0) is 19.2. The van der Waals surface area contributed by atoms with Crippen molar-refractivity contribution in [1.82, 2.24) is 13.7 Å². The number of aromatic nitrogens is 2. The Kier molecular flexibility index (Phi) is 4.32. The van der Waals surface area contributed by atoms with Gasteiger partial charge in [0.25, 0.3) is 5.56 Å². The Hall–Kier alpha value is -2.58. The normalized spacial score (nSPS) is 15.0. The van der Waals surface area contributed by atoms with Crippen molar-refractivity contribution >= 4 is 15.7 Å². The summed E-state index contributed by atoms with van der Waals surface area (Å²) in [5, 5.41) is 0. The van der Waals surface area contributed by atoms with Crippen LogP contribution in [0.1, 0.15) is 22.4 Å². The maximum atomic E-state index is 13.5. The average Bonchev–Trinajstić information content (AvgIpc) is 2.62. The molecule has 0 amide bonds. The van der Waals surface area contributed by atoms with Gasteiger partial charge in [-0.1, -0.05) is 29.8 Å². The second-order valence-electron chi connectivity index (χ2n) is 6.75. The molecule has 0 radical (unpaired) electrons. The maximum absolute atomic E-state index is 13.5. The van der Waals surface area contributed by atoms with Crippen LogP contribution in [-0.2, 0) is 28.7 Å². The highest BCUT2D eigenvalue weighted by atomic mass is 32.2. The fraction of sp³-hybridized carbons (Fsp3) is 0.263. The zero-order valence-corrected chi connectivity index (χ0v) is 15.5. The second-order valence-corrected chi connectivity index (χ2v) is 8.72. The van der Waals surface area contributed by atoms with Crippen LogP contribution in [-0.4, -0.2) is 28.7 Å². The van der Waals surface area contributed by atoms with Crippen molar-refractivity contribution < 1.29 is 12.8 Å². The molecule has 3 aromatic rings. The fourth-order valence-electron chi connectivity index (χ4n) is 3.39. The van der Waals surface area contributed by atoms with Crippen LogP contribution in [0.15, 0.2) is 47.4 Å². The summed E-state index contributed by atoms with van der Waals surface area (Å²) in [5.41, 5.74) is 2.51. The number of halogens is 1. The number of sulfonamides is 1. The number of fused-ring (bicyclic) bond motifs is 2. The monoisotopic (exact) mass is 387 g/mol. The molecule has 1 aliphatic rings. The van der Waals surface area contributed by atoms with Crippen molar-refractivity contribution in [3.05, 3.63) is 81.2 Å². The summed E-state index contributed by atoms with van der Waals surface area (Å²) in [6.45, 7) is 2.13. The number of rotatable bonds is 3. The number of nitrogens with zero attached hydrogens (tertiary/aromatic N) is 3. The summed E-state index contributed by atoms with van der Waals surface area (Å²) >= 11 is 0. The van der Waals surface area contributed by atoms with Crippen LogP contribution < -0.4 is 5.56 Å². The molecule has 0 atom stereocenters. The fourth-order valence-corrected chi connectivity index (χ4v) is 4.87. The lowest BCUT2D eigenvalue weighted by atomic mass is 10.1. The van der Waals surface area contributed by atoms with Crippen LogP contribution in [0.3, 0.4) is 0 Å². The van der Waals surface area contributed by atoms with Crippen LogP contribution in [0.4, 0.5) is 4.39 Å². The Bertz CT molecular complexity index is 1200. The lowest BCUT2D eigenvalue weighted by Crippen LogP contribution is -2.40. The summed E-state index contributed by atoms with van der Waals surface area (Å²) in [7, 11) is -3.59. The minimum absolute atomic E-state index is 0.0469. The van der Waals surface area contributed by atoms with Gasteiger partial charge in [0, 0.05) is 25.7 Å². The standard InChI is InChI=1S/C19H18FN3O3S/c1-13-3-2-4-14(9-13)12-27(25,26)22-8-7-17-16(11-22)19(24)23-10-15(20)5-6-18(23)21-17/h2-6,9-10H,7-8,11-12H2,1H3. The van der Waals surface area contributed by atoms with Gasteiger partial charge in [0.1, 0.15) is 11.5 Å². The second kappa shape index (κ2) is 6.54. The molecule has 6 nitrogen and oxygen atoms in total.